The molecule has 2 aliphatic heterocycles. The van der Waals surface area contributed by atoms with Crippen molar-refractivity contribution in [2.75, 3.05) is 57.6 Å². The third-order valence-corrected chi connectivity index (χ3v) is 6.99. The summed E-state index contributed by atoms with van der Waals surface area (Å²) in [6.07, 6.45) is 4.25. The smallest absolute Gasteiger partial charge is 0.251 e. The number of benzene rings is 1. The molecule has 0 radical (unpaired) electrons. The van der Waals surface area contributed by atoms with Gasteiger partial charge >= 0.3 is 0 Å². The largest absolute Gasteiger partial charge is 0.493 e. The van der Waals surface area contributed by atoms with Crippen molar-refractivity contribution in [3.63, 3.8) is 0 Å². The van der Waals surface area contributed by atoms with E-state index in [4.69, 9.17) is 24.9 Å². The normalized spacial score (nSPS) is 21.9. The first-order valence-electron chi connectivity index (χ1n) is 10.9. The van der Waals surface area contributed by atoms with Crippen LogP contribution < -0.4 is 20.1 Å². The third-order valence-electron chi connectivity index (χ3n) is 6.99. The number of rotatable bonds is 4. The summed E-state index contributed by atoms with van der Waals surface area (Å²) in [4.78, 5) is 26.1. The van der Waals surface area contributed by atoms with Gasteiger partial charge in [0.25, 0.3) is 5.91 Å². The average Bonchev–Trinajstić information content (AvgIpc) is 3.24. The molecule has 3 heterocycles. The van der Waals surface area contributed by atoms with E-state index in [1.54, 1.807) is 20.3 Å². The van der Waals surface area contributed by atoms with E-state index in [0.717, 1.165) is 18.4 Å². The molecule has 32 heavy (non-hydrogen) atoms. The Labute approximate surface area is 193 Å². The van der Waals surface area contributed by atoms with Gasteiger partial charge in [-0.2, -0.15) is 4.98 Å². The molecule has 9 nitrogen and oxygen atoms in total. The van der Waals surface area contributed by atoms with Crippen LogP contribution in [0.3, 0.4) is 0 Å². The highest BCUT2D eigenvalue weighted by Gasteiger charge is 2.47. The van der Waals surface area contributed by atoms with Gasteiger partial charge in [-0.05, 0) is 30.7 Å². The van der Waals surface area contributed by atoms with Crippen LogP contribution >= 0.6 is 12.4 Å². The number of hydrogen-bond donors (Lipinski definition) is 1. The molecule has 0 bridgehead atoms. The van der Waals surface area contributed by atoms with Gasteiger partial charge in [0.2, 0.25) is 5.95 Å². The third kappa shape index (κ3) is 3.88. The maximum Gasteiger partial charge on any atom is 0.251 e. The van der Waals surface area contributed by atoms with Crippen molar-refractivity contribution in [3.05, 3.63) is 12.1 Å². The second kappa shape index (κ2) is 8.78. The number of nitrogen functional groups attached to an aromatic ring is 1. The lowest BCUT2D eigenvalue weighted by atomic mass is 9.67. The second-order valence-corrected chi connectivity index (χ2v) is 8.80. The molecule has 1 unspecified atom stereocenters. The maximum atomic E-state index is 12.9. The molecular formula is C22H30ClN5O4. The van der Waals surface area contributed by atoms with E-state index >= 15 is 0 Å². The molecule has 1 amide bonds. The molecule has 5 rings (SSSR count). The molecule has 1 atom stereocenters. The number of aromatic nitrogens is 2. The summed E-state index contributed by atoms with van der Waals surface area (Å²) in [5.41, 5.74) is 7.20. The van der Waals surface area contributed by atoms with Gasteiger partial charge in [-0.25, -0.2) is 4.98 Å². The standard InChI is InChI=1S/C22H29N5O4.ClH/c1-29-16-10-14-15(11-17(16)30-2)24-21(25-19(14)23)27-8-6-26(7-9-27)20(28)18-12-22(13-31-18)4-3-5-22;/h10-11,18H,3-9,12-13H2,1-2H3,(H2,23,24,25);1H. The van der Waals surface area contributed by atoms with Crippen molar-refractivity contribution >= 4 is 41.0 Å². The van der Waals surface area contributed by atoms with E-state index in [2.05, 4.69) is 9.88 Å². The van der Waals surface area contributed by atoms with Crippen molar-refractivity contribution in [3.8, 4) is 11.5 Å². The highest BCUT2D eigenvalue weighted by molar-refractivity contribution is 5.91. The van der Waals surface area contributed by atoms with E-state index in [1.165, 1.54) is 19.3 Å². The Morgan fingerprint density at radius 2 is 1.81 bits per heavy atom. The van der Waals surface area contributed by atoms with Crippen LogP contribution in [-0.2, 0) is 9.53 Å². The minimum Gasteiger partial charge on any atom is -0.493 e. The van der Waals surface area contributed by atoms with Crippen molar-refractivity contribution in [2.45, 2.75) is 31.8 Å². The second-order valence-electron chi connectivity index (χ2n) is 8.80. The number of fused-ring (bicyclic) bond motifs is 1. The van der Waals surface area contributed by atoms with Gasteiger partial charge in [-0.1, -0.05) is 6.42 Å². The van der Waals surface area contributed by atoms with E-state index in [0.29, 0.717) is 55.0 Å². The number of nitrogens with two attached hydrogens (primary N) is 1. The van der Waals surface area contributed by atoms with Crippen LogP contribution in [-0.4, -0.2) is 73.9 Å². The fraction of sp³-hybridized carbons (Fsp3) is 0.591. The molecule has 2 saturated heterocycles. The summed E-state index contributed by atoms with van der Waals surface area (Å²) >= 11 is 0. The van der Waals surface area contributed by atoms with Crippen LogP contribution in [0.4, 0.5) is 11.8 Å². The molecule has 3 fully saturated rings. The maximum absolute atomic E-state index is 12.9. The summed E-state index contributed by atoms with van der Waals surface area (Å²) < 4.78 is 16.6. The molecule has 1 spiro atoms. The Morgan fingerprint density at radius 1 is 1.12 bits per heavy atom. The first kappa shape index (κ1) is 22.7. The first-order chi connectivity index (χ1) is 15.0. The number of hydrogen-bond acceptors (Lipinski definition) is 8. The van der Waals surface area contributed by atoms with Crippen LogP contribution in [0.2, 0.25) is 0 Å². The fourth-order valence-electron chi connectivity index (χ4n) is 4.91. The van der Waals surface area contributed by atoms with Crippen molar-refractivity contribution < 1.29 is 19.0 Å². The Bertz CT molecular complexity index is 1010. The summed E-state index contributed by atoms with van der Waals surface area (Å²) in [5, 5.41) is 0.721. The summed E-state index contributed by atoms with van der Waals surface area (Å²) in [6.45, 7) is 3.30. The first-order valence-corrected chi connectivity index (χ1v) is 10.9. The molecule has 1 aromatic carbocycles. The number of anilines is 2. The van der Waals surface area contributed by atoms with Gasteiger partial charge in [-0.3, -0.25) is 4.79 Å². The zero-order valence-corrected chi connectivity index (χ0v) is 19.3. The molecule has 2 aromatic rings. The Balaban J connectivity index is 0.00000245. The van der Waals surface area contributed by atoms with E-state index in [1.807, 2.05) is 11.0 Å². The van der Waals surface area contributed by atoms with E-state index in [-0.39, 0.29) is 29.8 Å². The highest BCUT2D eigenvalue weighted by atomic mass is 35.5. The van der Waals surface area contributed by atoms with Gasteiger partial charge in [0, 0.05) is 37.6 Å². The van der Waals surface area contributed by atoms with Crippen LogP contribution in [0.5, 0.6) is 11.5 Å². The molecule has 10 heteroatoms. The molecule has 1 aromatic heterocycles. The van der Waals surface area contributed by atoms with Crippen molar-refractivity contribution in [2.24, 2.45) is 5.41 Å². The van der Waals surface area contributed by atoms with E-state index < -0.39 is 0 Å². The van der Waals surface area contributed by atoms with Crippen molar-refractivity contribution in [1.29, 1.82) is 0 Å². The van der Waals surface area contributed by atoms with Gasteiger partial charge in [0.1, 0.15) is 11.9 Å². The Kier molecular flexibility index (Phi) is 6.22. The molecule has 174 valence electrons. The molecule has 1 aliphatic carbocycles. The fourth-order valence-corrected chi connectivity index (χ4v) is 4.91. The molecule has 1 saturated carbocycles. The number of amides is 1. The van der Waals surface area contributed by atoms with Gasteiger partial charge in [0.05, 0.1) is 26.3 Å². The lowest BCUT2D eigenvalue weighted by Crippen LogP contribution is -2.52. The molecule has 3 aliphatic rings. The summed E-state index contributed by atoms with van der Waals surface area (Å²) in [6, 6.07) is 3.60. The lowest BCUT2D eigenvalue weighted by molar-refractivity contribution is -0.141. The van der Waals surface area contributed by atoms with Crippen LogP contribution in [0.1, 0.15) is 25.7 Å². The SMILES string of the molecule is COc1cc2nc(N3CCN(C(=O)C4CC5(CCC5)CO4)CC3)nc(N)c2cc1OC.Cl. The quantitative estimate of drug-likeness (QED) is 0.736. The van der Waals surface area contributed by atoms with Crippen LogP contribution in [0, 0.1) is 5.41 Å². The molecular weight excluding hydrogens is 434 g/mol. The summed E-state index contributed by atoms with van der Waals surface area (Å²) in [5.74, 6) is 2.26. The number of nitrogens with zero attached hydrogens (tertiary/aromatic N) is 4. The number of halogens is 1. The zero-order chi connectivity index (χ0) is 21.6. The van der Waals surface area contributed by atoms with Crippen LogP contribution in [0.25, 0.3) is 10.9 Å². The minimum absolute atomic E-state index is 0. The summed E-state index contributed by atoms with van der Waals surface area (Å²) in [7, 11) is 3.17. The topological polar surface area (TPSA) is 103 Å². The van der Waals surface area contributed by atoms with Gasteiger partial charge in [-0.15, -0.1) is 12.4 Å². The number of carbonyl (C=O) groups is 1. The lowest BCUT2D eigenvalue weighted by Gasteiger charge is -2.37. The predicted octanol–water partition coefficient (Wildman–Crippen LogP) is 2.26. The number of piperazine rings is 1. The van der Waals surface area contributed by atoms with Crippen molar-refractivity contribution in [1.82, 2.24) is 14.9 Å². The van der Waals surface area contributed by atoms with Crippen LogP contribution in [0.15, 0.2) is 12.1 Å². The monoisotopic (exact) mass is 463 g/mol. The van der Waals surface area contributed by atoms with Gasteiger partial charge in [0.15, 0.2) is 11.5 Å². The average molecular weight is 464 g/mol. The highest BCUT2D eigenvalue weighted by Crippen LogP contribution is 2.49. The Hall–Kier alpha value is -2.52. The minimum atomic E-state index is -0.276. The predicted molar refractivity (Wildman–Crippen MR) is 124 cm³/mol. The number of ether oxygens (including phenoxy) is 3. The number of methoxy groups -OCH3 is 2. The number of carbonyl (C=O) groups excluding carboxylic acids is 1. The molecule has 2 N–H and O–H groups in total. The Morgan fingerprint density at radius 3 is 2.41 bits per heavy atom. The zero-order valence-electron chi connectivity index (χ0n) is 18.5. The van der Waals surface area contributed by atoms with E-state index in [9.17, 15) is 4.79 Å². The van der Waals surface area contributed by atoms with Gasteiger partial charge < -0.3 is 29.7 Å².